The zero-order valence-corrected chi connectivity index (χ0v) is 10.3. The Kier molecular flexibility index (Phi) is 3.86. The van der Waals surface area contributed by atoms with E-state index in [0.717, 1.165) is 17.3 Å². The second kappa shape index (κ2) is 5.77. The number of hydrazone groups is 1. The summed E-state index contributed by atoms with van der Waals surface area (Å²) in [6, 6.07) is 5.54. The van der Waals surface area contributed by atoms with E-state index < -0.39 is 0 Å². The van der Waals surface area contributed by atoms with Gasteiger partial charge in [-0.05, 0) is 38.1 Å². The molecule has 5 nitrogen and oxygen atoms in total. The van der Waals surface area contributed by atoms with Crippen LogP contribution in [0.25, 0.3) is 6.08 Å². The van der Waals surface area contributed by atoms with E-state index in [1.807, 2.05) is 38.1 Å². The molecular weight excluding hydrogens is 228 g/mol. The summed E-state index contributed by atoms with van der Waals surface area (Å²) >= 11 is 0. The molecule has 0 atom stereocenters. The molecule has 0 aromatic carbocycles. The highest BCUT2D eigenvalue weighted by atomic mass is 16.3. The normalized spacial score (nSPS) is 11.4. The number of aromatic nitrogens is 2. The number of nitrogens with one attached hydrogen (secondary N) is 1. The number of anilines is 1. The van der Waals surface area contributed by atoms with Crippen molar-refractivity contribution in [2.75, 3.05) is 5.43 Å². The van der Waals surface area contributed by atoms with Crippen molar-refractivity contribution in [2.45, 2.75) is 13.8 Å². The molecule has 92 valence electrons. The lowest BCUT2D eigenvalue weighted by Crippen LogP contribution is -1.97. The van der Waals surface area contributed by atoms with E-state index >= 15 is 0 Å². The topological polar surface area (TPSA) is 63.3 Å². The number of hydrogen-bond acceptors (Lipinski definition) is 5. The van der Waals surface area contributed by atoms with Gasteiger partial charge in [0.05, 0.1) is 6.26 Å². The van der Waals surface area contributed by atoms with Crippen LogP contribution in [0.15, 0.2) is 40.1 Å². The fourth-order valence-corrected chi connectivity index (χ4v) is 1.44. The van der Waals surface area contributed by atoms with Gasteiger partial charge in [0.25, 0.3) is 0 Å². The van der Waals surface area contributed by atoms with Crippen LogP contribution in [0.1, 0.15) is 17.3 Å². The molecule has 2 heterocycles. The molecule has 2 aromatic heterocycles. The van der Waals surface area contributed by atoms with Crippen LogP contribution in [0.2, 0.25) is 0 Å². The SMILES string of the molecule is Cc1cc(NN=CC=Cc2ccco2)nc(C)n1. The Morgan fingerprint density at radius 2 is 2.22 bits per heavy atom. The zero-order chi connectivity index (χ0) is 12.8. The molecule has 0 radical (unpaired) electrons. The van der Waals surface area contributed by atoms with E-state index in [2.05, 4.69) is 20.5 Å². The molecule has 0 amide bonds. The standard InChI is InChI=1S/C13H14N4O/c1-10-9-13(16-11(2)15-10)17-14-7-3-5-12-6-4-8-18-12/h3-9H,1-2H3,(H,15,16,17). The molecule has 0 aliphatic carbocycles. The van der Waals surface area contributed by atoms with E-state index in [9.17, 15) is 0 Å². The van der Waals surface area contributed by atoms with Crippen LogP contribution in [0.3, 0.4) is 0 Å². The van der Waals surface area contributed by atoms with Crippen LogP contribution in [0.5, 0.6) is 0 Å². The number of nitrogens with zero attached hydrogens (tertiary/aromatic N) is 3. The molecule has 5 heteroatoms. The molecule has 0 spiro atoms. The largest absolute Gasteiger partial charge is 0.465 e. The Bertz CT molecular complexity index is 538. The van der Waals surface area contributed by atoms with E-state index in [0.29, 0.717) is 5.82 Å². The number of allylic oxidation sites excluding steroid dienone is 1. The highest BCUT2D eigenvalue weighted by Crippen LogP contribution is 2.05. The van der Waals surface area contributed by atoms with Crippen molar-refractivity contribution in [3.8, 4) is 0 Å². The molecule has 0 bridgehead atoms. The third kappa shape index (κ3) is 3.55. The first-order valence-corrected chi connectivity index (χ1v) is 5.55. The van der Waals surface area contributed by atoms with Gasteiger partial charge in [-0.3, -0.25) is 5.43 Å². The Labute approximate surface area is 105 Å². The number of furan rings is 1. The molecule has 0 aliphatic rings. The molecule has 2 rings (SSSR count). The lowest BCUT2D eigenvalue weighted by Gasteiger charge is -2.00. The molecule has 0 saturated heterocycles. The maximum absolute atomic E-state index is 5.14. The maximum atomic E-state index is 5.14. The Morgan fingerprint density at radius 1 is 1.33 bits per heavy atom. The van der Waals surface area contributed by atoms with Crippen LogP contribution in [0.4, 0.5) is 5.82 Å². The van der Waals surface area contributed by atoms with Crippen LogP contribution >= 0.6 is 0 Å². The Morgan fingerprint density at radius 3 is 2.94 bits per heavy atom. The summed E-state index contributed by atoms with van der Waals surface area (Å²) in [4.78, 5) is 8.39. The second-order valence-electron chi connectivity index (χ2n) is 3.71. The van der Waals surface area contributed by atoms with E-state index in [-0.39, 0.29) is 0 Å². The van der Waals surface area contributed by atoms with Gasteiger partial charge in [-0.2, -0.15) is 5.10 Å². The van der Waals surface area contributed by atoms with Gasteiger partial charge in [0, 0.05) is 18.0 Å². The van der Waals surface area contributed by atoms with Gasteiger partial charge in [0.1, 0.15) is 17.4 Å². The van der Waals surface area contributed by atoms with Gasteiger partial charge in [0.2, 0.25) is 0 Å². The number of rotatable bonds is 4. The van der Waals surface area contributed by atoms with Crippen molar-refractivity contribution in [1.29, 1.82) is 0 Å². The maximum Gasteiger partial charge on any atom is 0.150 e. The molecular formula is C13H14N4O. The minimum atomic E-state index is 0.683. The van der Waals surface area contributed by atoms with Crippen LogP contribution < -0.4 is 5.43 Å². The van der Waals surface area contributed by atoms with Gasteiger partial charge in [-0.1, -0.05) is 0 Å². The van der Waals surface area contributed by atoms with Crippen LogP contribution in [0, 0.1) is 13.8 Å². The van der Waals surface area contributed by atoms with Crippen molar-refractivity contribution >= 4 is 18.1 Å². The highest BCUT2D eigenvalue weighted by molar-refractivity contribution is 5.77. The summed E-state index contributed by atoms with van der Waals surface area (Å²) in [5.74, 6) is 2.19. The van der Waals surface area contributed by atoms with E-state index in [1.165, 1.54) is 0 Å². The fourth-order valence-electron chi connectivity index (χ4n) is 1.44. The predicted octanol–water partition coefficient (Wildman–Crippen LogP) is 2.80. The van der Waals surface area contributed by atoms with Crippen LogP contribution in [-0.4, -0.2) is 16.2 Å². The summed E-state index contributed by atoms with van der Waals surface area (Å²) in [6.45, 7) is 3.76. The average molecular weight is 242 g/mol. The highest BCUT2D eigenvalue weighted by Gasteiger charge is 1.95. The third-order valence-electron chi connectivity index (χ3n) is 2.11. The smallest absolute Gasteiger partial charge is 0.150 e. The molecule has 0 aliphatic heterocycles. The third-order valence-corrected chi connectivity index (χ3v) is 2.11. The minimum Gasteiger partial charge on any atom is -0.465 e. The van der Waals surface area contributed by atoms with Gasteiger partial charge in [-0.15, -0.1) is 0 Å². The summed E-state index contributed by atoms with van der Waals surface area (Å²) in [7, 11) is 0. The van der Waals surface area contributed by atoms with Crippen LogP contribution in [-0.2, 0) is 0 Å². The van der Waals surface area contributed by atoms with Gasteiger partial charge in [-0.25, -0.2) is 9.97 Å². The number of hydrogen-bond donors (Lipinski definition) is 1. The molecule has 0 saturated carbocycles. The average Bonchev–Trinajstić information content (AvgIpc) is 2.80. The summed E-state index contributed by atoms with van der Waals surface area (Å²) < 4.78 is 5.14. The molecule has 0 unspecified atom stereocenters. The van der Waals surface area contributed by atoms with E-state index in [4.69, 9.17) is 4.42 Å². The van der Waals surface area contributed by atoms with Crippen molar-refractivity contribution < 1.29 is 4.42 Å². The predicted molar refractivity (Wildman–Crippen MR) is 71.4 cm³/mol. The lowest BCUT2D eigenvalue weighted by molar-refractivity contribution is 0.557. The van der Waals surface area contributed by atoms with Crippen molar-refractivity contribution in [2.24, 2.45) is 5.10 Å². The molecule has 0 fully saturated rings. The minimum absolute atomic E-state index is 0.683. The van der Waals surface area contributed by atoms with Gasteiger partial charge < -0.3 is 4.42 Å². The molecule has 1 N–H and O–H groups in total. The van der Waals surface area contributed by atoms with Crippen molar-refractivity contribution in [3.05, 3.63) is 47.8 Å². The van der Waals surface area contributed by atoms with Crippen molar-refractivity contribution in [1.82, 2.24) is 9.97 Å². The summed E-state index contributed by atoms with van der Waals surface area (Å²) in [6.07, 6.45) is 6.87. The first kappa shape index (κ1) is 12.0. The molecule has 18 heavy (non-hydrogen) atoms. The fraction of sp³-hybridized carbons (Fsp3) is 0.154. The second-order valence-corrected chi connectivity index (χ2v) is 3.71. The Balaban J connectivity index is 1.91. The van der Waals surface area contributed by atoms with Gasteiger partial charge in [0.15, 0.2) is 0 Å². The quantitative estimate of drug-likeness (QED) is 0.661. The first-order valence-electron chi connectivity index (χ1n) is 5.55. The zero-order valence-electron chi connectivity index (χ0n) is 10.3. The first-order chi connectivity index (χ1) is 8.74. The Hall–Kier alpha value is -2.43. The molecule has 2 aromatic rings. The van der Waals surface area contributed by atoms with Gasteiger partial charge >= 0.3 is 0 Å². The monoisotopic (exact) mass is 242 g/mol. The van der Waals surface area contributed by atoms with Crippen molar-refractivity contribution in [3.63, 3.8) is 0 Å². The lowest BCUT2D eigenvalue weighted by atomic mass is 10.4. The van der Waals surface area contributed by atoms with E-state index in [1.54, 1.807) is 18.6 Å². The summed E-state index contributed by atoms with van der Waals surface area (Å²) in [5.41, 5.74) is 3.75. The summed E-state index contributed by atoms with van der Waals surface area (Å²) in [5, 5.41) is 4.03. The number of aryl methyl sites for hydroxylation is 2.